The van der Waals surface area contributed by atoms with Gasteiger partial charge in [0, 0.05) is 29.3 Å². The number of ketones is 1. The largest absolute Gasteiger partial charge is 0.383 e. The number of benzene rings is 1. The van der Waals surface area contributed by atoms with Crippen LogP contribution >= 0.6 is 0 Å². The van der Waals surface area contributed by atoms with E-state index in [1.54, 1.807) is 19.1 Å². The molecule has 0 fully saturated rings. The van der Waals surface area contributed by atoms with Crippen LogP contribution in [-0.2, 0) is 4.79 Å². The molecule has 0 spiro atoms. The fourth-order valence-corrected chi connectivity index (χ4v) is 2.10. The number of Topliss-reactive ketones (excluding diaryl/α,β-unsaturated/α-hetero) is 1. The minimum atomic E-state index is -0.607. The molecule has 0 saturated carbocycles. The topological polar surface area (TPSA) is 78.4 Å². The van der Waals surface area contributed by atoms with Crippen LogP contribution in [0.25, 0.3) is 0 Å². The second kappa shape index (κ2) is 8.90. The third-order valence-electron chi connectivity index (χ3n) is 3.16. The lowest BCUT2D eigenvalue weighted by Crippen LogP contribution is -2.15. The summed E-state index contributed by atoms with van der Waals surface area (Å²) in [4.78, 5) is 23.3. The Hall–Kier alpha value is -2.40. The van der Waals surface area contributed by atoms with E-state index in [1.165, 1.54) is 11.6 Å². The molecule has 124 valence electrons. The van der Waals surface area contributed by atoms with Gasteiger partial charge in [-0.05, 0) is 45.0 Å². The summed E-state index contributed by atoms with van der Waals surface area (Å²) < 4.78 is 0. The molecule has 0 aliphatic rings. The van der Waals surface area contributed by atoms with Crippen LogP contribution in [-0.4, -0.2) is 22.9 Å². The van der Waals surface area contributed by atoms with Crippen molar-refractivity contribution < 1.29 is 14.8 Å². The van der Waals surface area contributed by atoms with E-state index < -0.39 is 5.91 Å². The lowest BCUT2D eigenvalue weighted by Gasteiger charge is -2.11. The number of carbonyl (C=O) groups is 2. The van der Waals surface area contributed by atoms with Crippen molar-refractivity contribution in [1.29, 1.82) is 0 Å². The summed E-state index contributed by atoms with van der Waals surface area (Å²) in [6, 6.07) is 7.73. The Bertz CT molecular complexity index is 601. The average Bonchev–Trinajstić information content (AvgIpc) is 2.52. The maximum Gasteiger partial charge on any atom is 0.267 e. The third kappa shape index (κ3) is 6.48. The number of hydroxylamine groups is 1. The molecule has 0 unspecified atom stereocenters. The van der Waals surface area contributed by atoms with Gasteiger partial charge in [-0.3, -0.25) is 14.8 Å². The van der Waals surface area contributed by atoms with Crippen LogP contribution in [0, 0.1) is 5.92 Å². The van der Waals surface area contributed by atoms with Gasteiger partial charge >= 0.3 is 0 Å². The molecule has 0 aromatic heterocycles. The van der Waals surface area contributed by atoms with Crippen molar-refractivity contribution in [2.45, 2.75) is 33.7 Å². The van der Waals surface area contributed by atoms with Gasteiger partial charge in [-0.15, -0.1) is 0 Å². The Morgan fingerprint density at radius 2 is 1.70 bits per heavy atom. The number of hydrogen-bond acceptors (Lipinski definition) is 4. The molecule has 1 aromatic carbocycles. The predicted octanol–water partition coefficient (Wildman–Crippen LogP) is 3.33. The fourth-order valence-electron chi connectivity index (χ4n) is 2.10. The van der Waals surface area contributed by atoms with Gasteiger partial charge in [0.15, 0.2) is 5.78 Å². The number of hydrogen-bond donors (Lipinski definition) is 3. The first-order valence-electron chi connectivity index (χ1n) is 7.55. The van der Waals surface area contributed by atoms with Crippen LogP contribution in [0.4, 0.5) is 5.69 Å². The van der Waals surface area contributed by atoms with Crippen molar-refractivity contribution in [2.75, 3.05) is 5.32 Å². The minimum Gasteiger partial charge on any atom is -0.383 e. The molecular weight excluding hydrogens is 292 g/mol. The van der Waals surface area contributed by atoms with Gasteiger partial charge in [0.05, 0.1) is 0 Å². The standard InChI is InChI=1S/C18H24N2O3/c1-12(2)19-16-8-6-15(7-9-16)18(22)14(4)11-13(3)5-10-17(21)20-23/h5-12,14,19,23H,1-4H3,(H,20,21)/b10-5+,13-11+/t14-/m1/s1. The fraction of sp³-hybridized carbons (Fsp3) is 0.333. The number of rotatable bonds is 7. The summed E-state index contributed by atoms with van der Waals surface area (Å²) in [6.07, 6.45) is 4.53. The van der Waals surface area contributed by atoms with Crippen molar-refractivity contribution in [1.82, 2.24) is 5.48 Å². The minimum absolute atomic E-state index is 0.0143. The summed E-state index contributed by atoms with van der Waals surface area (Å²) in [7, 11) is 0. The van der Waals surface area contributed by atoms with E-state index >= 15 is 0 Å². The number of allylic oxidation sites excluding steroid dienone is 3. The van der Waals surface area contributed by atoms with Crippen LogP contribution < -0.4 is 10.8 Å². The van der Waals surface area contributed by atoms with E-state index in [1.807, 2.05) is 31.2 Å². The molecule has 5 heteroatoms. The maximum atomic E-state index is 12.4. The summed E-state index contributed by atoms with van der Waals surface area (Å²) in [5, 5.41) is 11.7. The van der Waals surface area contributed by atoms with Gasteiger partial charge in [-0.1, -0.05) is 24.6 Å². The highest BCUT2D eigenvalue weighted by Gasteiger charge is 2.13. The Kier molecular flexibility index (Phi) is 7.22. The van der Waals surface area contributed by atoms with Crippen molar-refractivity contribution in [3.05, 3.63) is 53.6 Å². The molecule has 23 heavy (non-hydrogen) atoms. The van der Waals surface area contributed by atoms with Gasteiger partial charge in [-0.2, -0.15) is 0 Å². The second-order valence-electron chi connectivity index (χ2n) is 5.75. The lowest BCUT2D eigenvalue weighted by atomic mass is 9.97. The zero-order valence-electron chi connectivity index (χ0n) is 14.0. The molecule has 0 bridgehead atoms. The summed E-state index contributed by atoms with van der Waals surface area (Å²) in [5.41, 5.74) is 3.91. The molecule has 0 saturated heterocycles. The predicted molar refractivity (Wildman–Crippen MR) is 91.5 cm³/mol. The molecular formula is C18H24N2O3. The molecule has 1 atom stereocenters. The Morgan fingerprint density at radius 1 is 1.09 bits per heavy atom. The molecule has 1 aromatic rings. The summed E-state index contributed by atoms with van der Waals surface area (Å²) in [6.45, 7) is 7.71. The molecule has 0 radical (unpaired) electrons. The maximum absolute atomic E-state index is 12.4. The van der Waals surface area contributed by atoms with E-state index in [0.717, 1.165) is 11.3 Å². The molecule has 0 aliphatic heterocycles. The zero-order valence-corrected chi connectivity index (χ0v) is 14.0. The highest BCUT2D eigenvalue weighted by molar-refractivity contribution is 5.99. The number of nitrogens with one attached hydrogen (secondary N) is 2. The number of amides is 1. The van der Waals surface area contributed by atoms with Gasteiger partial charge in [0.2, 0.25) is 0 Å². The average molecular weight is 316 g/mol. The van der Waals surface area contributed by atoms with Crippen LogP contribution in [0.1, 0.15) is 38.1 Å². The number of carbonyl (C=O) groups excluding carboxylic acids is 2. The van der Waals surface area contributed by atoms with E-state index in [4.69, 9.17) is 5.21 Å². The SMILES string of the molecule is CC(/C=C/C(=O)NO)=C\[C@@H](C)C(=O)c1ccc(NC(C)C)cc1. The Balaban J connectivity index is 2.76. The van der Waals surface area contributed by atoms with Crippen LogP contribution in [0.3, 0.4) is 0 Å². The first-order valence-corrected chi connectivity index (χ1v) is 7.55. The summed E-state index contributed by atoms with van der Waals surface area (Å²) >= 11 is 0. The monoisotopic (exact) mass is 316 g/mol. The first kappa shape index (κ1) is 18.6. The van der Waals surface area contributed by atoms with E-state index in [-0.39, 0.29) is 11.7 Å². The van der Waals surface area contributed by atoms with E-state index in [9.17, 15) is 9.59 Å². The van der Waals surface area contributed by atoms with E-state index in [2.05, 4.69) is 19.2 Å². The van der Waals surface area contributed by atoms with Crippen LogP contribution in [0.5, 0.6) is 0 Å². The van der Waals surface area contributed by atoms with Crippen molar-refractivity contribution >= 4 is 17.4 Å². The molecule has 0 aliphatic carbocycles. The summed E-state index contributed by atoms with van der Waals surface area (Å²) in [5.74, 6) is -0.897. The first-order chi connectivity index (χ1) is 10.8. The Labute approximate surface area is 137 Å². The van der Waals surface area contributed by atoms with Crippen molar-refractivity contribution in [3.8, 4) is 0 Å². The van der Waals surface area contributed by atoms with Crippen LogP contribution in [0.2, 0.25) is 0 Å². The second-order valence-corrected chi connectivity index (χ2v) is 5.75. The van der Waals surface area contributed by atoms with Crippen LogP contribution in [0.15, 0.2) is 48.1 Å². The zero-order chi connectivity index (χ0) is 17.4. The smallest absolute Gasteiger partial charge is 0.267 e. The molecule has 0 heterocycles. The van der Waals surface area contributed by atoms with Crippen molar-refractivity contribution in [2.24, 2.45) is 5.92 Å². The van der Waals surface area contributed by atoms with Gasteiger partial charge in [0.1, 0.15) is 0 Å². The molecule has 5 nitrogen and oxygen atoms in total. The molecule has 3 N–H and O–H groups in total. The number of anilines is 1. The third-order valence-corrected chi connectivity index (χ3v) is 3.16. The molecule has 1 rings (SSSR count). The van der Waals surface area contributed by atoms with E-state index in [0.29, 0.717) is 11.6 Å². The molecule has 1 amide bonds. The van der Waals surface area contributed by atoms with Gasteiger partial charge < -0.3 is 5.32 Å². The van der Waals surface area contributed by atoms with Gasteiger partial charge in [0.25, 0.3) is 5.91 Å². The highest BCUT2D eigenvalue weighted by Crippen LogP contribution is 2.16. The lowest BCUT2D eigenvalue weighted by molar-refractivity contribution is -0.124. The normalized spacial score (nSPS) is 13.2. The highest BCUT2D eigenvalue weighted by atomic mass is 16.5. The van der Waals surface area contributed by atoms with Gasteiger partial charge in [-0.25, -0.2) is 5.48 Å². The Morgan fingerprint density at radius 3 is 2.22 bits per heavy atom. The quantitative estimate of drug-likeness (QED) is 0.237. The van der Waals surface area contributed by atoms with Crippen molar-refractivity contribution in [3.63, 3.8) is 0 Å².